The van der Waals surface area contributed by atoms with Crippen LogP contribution in [0.5, 0.6) is 0 Å². The van der Waals surface area contributed by atoms with Gasteiger partial charge in [0, 0.05) is 63.2 Å². The van der Waals surface area contributed by atoms with Gasteiger partial charge in [-0.25, -0.2) is 13.0 Å². The van der Waals surface area contributed by atoms with Crippen LogP contribution in [0.3, 0.4) is 0 Å². The fraction of sp³-hybridized carbons (Fsp3) is 0.304. The summed E-state index contributed by atoms with van der Waals surface area (Å²) in [4.78, 5) is 0.319. The molecule has 0 aliphatic heterocycles. The van der Waals surface area contributed by atoms with Crippen molar-refractivity contribution in [3.05, 3.63) is 54.2 Å². The first-order chi connectivity index (χ1) is 14.5. The van der Waals surface area contributed by atoms with Crippen LogP contribution in [0.25, 0.3) is 22.0 Å². The largest absolute Gasteiger partial charge is 0.389 e. The molecule has 3 aromatic rings. The van der Waals surface area contributed by atoms with Gasteiger partial charge in [0.25, 0.3) is 0 Å². The average molecular weight is 462 g/mol. The summed E-state index contributed by atoms with van der Waals surface area (Å²) in [6.45, 7) is 0. The Morgan fingerprint density at radius 2 is 1.97 bits per heavy atom. The lowest BCUT2D eigenvalue weighted by molar-refractivity contribution is -0.0435. The highest BCUT2D eigenvalue weighted by molar-refractivity contribution is 8.00. The predicted octanol–water partition coefficient (Wildman–Crippen LogP) is 5.37. The number of thiocarbonyl (C=S) groups is 1. The molecule has 8 heteroatoms. The molecule has 1 unspecified atom stereocenters. The van der Waals surface area contributed by atoms with Gasteiger partial charge in [0.15, 0.2) is 0 Å². The van der Waals surface area contributed by atoms with Crippen LogP contribution in [-0.2, 0) is 9.71 Å². The summed E-state index contributed by atoms with van der Waals surface area (Å²) in [7, 11) is -2.45. The van der Waals surface area contributed by atoms with Crippen molar-refractivity contribution in [3.63, 3.8) is 0 Å². The van der Waals surface area contributed by atoms with E-state index in [1.54, 1.807) is 0 Å². The van der Waals surface area contributed by atoms with Gasteiger partial charge in [-0.2, -0.15) is 0 Å². The molecule has 1 fully saturated rings. The zero-order valence-corrected chi connectivity index (χ0v) is 18.9. The van der Waals surface area contributed by atoms with Gasteiger partial charge in [0.1, 0.15) is 4.99 Å². The third-order valence-electron chi connectivity index (χ3n) is 5.71. The Morgan fingerprint density at radius 3 is 2.61 bits per heavy atom. The Morgan fingerprint density at radius 1 is 1.26 bits per heavy atom. The summed E-state index contributed by atoms with van der Waals surface area (Å²) in [5.41, 5.74) is 10.1. The van der Waals surface area contributed by atoms with E-state index in [-0.39, 0.29) is 18.9 Å². The average Bonchev–Trinajstić information content (AvgIpc) is 3.05. The molecule has 1 atom stereocenters. The molecule has 3 N–H and O–H groups in total. The Kier molecular flexibility index (Phi) is 5.55. The number of anilines is 1. The van der Waals surface area contributed by atoms with Crippen LogP contribution in [0.1, 0.15) is 37.3 Å². The molecule has 1 aliphatic rings. The third kappa shape index (κ3) is 4.75. The van der Waals surface area contributed by atoms with Gasteiger partial charge >= 0.3 is 0 Å². The molecule has 2 aromatic carbocycles. The highest BCUT2D eigenvalue weighted by Gasteiger charge is 2.36. The van der Waals surface area contributed by atoms with E-state index in [4.69, 9.17) is 18.0 Å². The van der Waals surface area contributed by atoms with E-state index >= 15 is 0 Å². The summed E-state index contributed by atoms with van der Waals surface area (Å²) < 4.78 is 44.7. The Hall–Kier alpha value is -2.45. The summed E-state index contributed by atoms with van der Waals surface area (Å²) in [5, 5.41) is 0.981. The molecule has 164 valence electrons. The number of fused-ring (bicyclic) bond motifs is 1. The molecule has 0 amide bonds. The van der Waals surface area contributed by atoms with Crippen LogP contribution in [0.15, 0.2) is 48.7 Å². The SMILES string of the molecule is C=S(C)(=O)Nc1ccc2c(-c3cccc(C(N)=S)c3)cn(C3CCC(F)(F)CC3)c2c1. The number of benzene rings is 2. The van der Waals surface area contributed by atoms with Crippen molar-refractivity contribution in [2.45, 2.75) is 37.6 Å². The molecular weight excluding hydrogens is 436 g/mol. The number of nitrogens with one attached hydrogen (secondary N) is 1. The normalized spacial score (nSPS) is 18.5. The van der Waals surface area contributed by atoms with Crippen molar-refractivity contribution < 1.29 is 13.0 Å². The first kappa shape index (κ1) is 21.8. The Balaban J connectivity index is 1.85. The summed E-state index contributed by atoms with van der Waals surface area (Å²) >= 11 is 5.12. The van der Waals surface area contributed by atoms with Gasteiger partial charge in [-0.05, 0) is 42.5 Å². The summed E-state index contributed by atoms with van der Waals surface area (Å²) in [5.74, 6) is 1.06. The lowest BCUT2D eigenvalue weighted by Crippen LogP contribution is -2.26. The third-order valence-corrected chi connectivity index (χ3v) is 6.61. The van der Waals surface area contributed by atoms with Crippen molar-refractivity contribution in [1.29, 1.82) is 0 Å². The van der Waals surface area contributed by atoms with Crippen LogP contribution in [0, 0.1) is 0 Å². The topological polar surface area (TPSA) is 60.1 Å². The van der Waals surface area contributed by atoms with E-state index in [1.165, 1.54) is 6.26 Å². The van der Waals surface area contributed by atoms with Crippen LogP contribution >= 0.6 is 12.2 Å². The molecular formula is C23H25F2N3OS2. The standard InChI is InChI=1S/C23H25F2N3OS2/c1-31(2,29)27-17-6-7-19-20(15-4-3-5-16(12-15)22(26)30)14-28(21(19)13-17)18-8-10-23(24,25)11-9-18/h3-7,12-14,18H,1,8-11H2,2H3,(H2,26,30)(H,27,29). The number of halogens is 2. The van der Waals surface area contributed by atoms with Crippen molar-refractivity contribution >= 4 is 49.4 Å². The van der Waals surface area contributed by atoms with Crippen molar-refractivity contribution in [1.82, 2.24) is 4.57 Å². The summed E-state index contributed by atoms with van der Waals surface area (Å²) in [6, 6.07) is 13.4. The Labute approximate surface area is 186 Å². The van der Waals surface area contributed by atoms with E-state index in [0.29, 0.717) is 23.5 Å². The number of hydrogen-bond donors (Lipinski definition) is 2. The monoisotopic (exact) mass is 461 g/mol. The van der Waals surface area contributed by atoms with Gasteiger partial charge in [-0.15, -0.1) is 0 Å². The lowest BCUT2D eigenvalue weighted by atomic mass is 9.92. The number of aromatic nitrogens is 1. The molecule has 1 aliphatic carbocycles. The lowest BCUT2D eigenvalue weighted by Gasteiger charge is -2.29. The summed E-state index contributed by atoms with van der Waals surface area (Å²) in [6.07, 6.45) is 4.12. The highest BCUT2D eigenvalue weighted by atomic mass is 32.2. The van der Waals surface area contributed by atoms with E-state index in [1.807, 2.05) is 48.7 Å². The van der Waals surface area contributed by atoms with E-state index in [2.05, 4.69) is 15.2 Å². The number of hydrogen-bond acceptors (Lipinski definition) is 2. The van der Waals surface area contributed by atoms with E-state index < -0.39 is 15.6 Å². The van der Waals surface area contributed by atoms with Crippen molar-refractivity contribution in [2.75, 3.05) is 11.0 Å². The zero-order valence-electron chi connectivity index (χ0n) is 17.2. The second-order valence-electron chi connectivity index (χ2n) is 8.32. The number of nitrogens with zero attached hydrogens (tertiary/aromatic N) is 1. The van der Waals surface area contributed by atoms with Crippen molar-refractivity contribution in [3.8, 4) is 11.1 Å². The quantitative estimate of drug-likeness (QED) is 0.503. The molecule has 1 heterocycles. The Bertz CT molecular complexity index is 1260. The molecule has 0 spiro atoms. The molecule has 1 aromatic heterocycles. The first-order valence-electron chi connectivity index (χ1n) is 10.1. The van der Waals surface area contributed by atoms with Crippen LogP contribution in [0.2, 0.25) is 0 Å². The van der Waals surface area contributed by atoms with Gasteiger partial charge < -0.3 is 15.0 Å². The zero-order chi connectivity index (χ0) is 22.4. The van der Waals surface area contributed by atoms with Crippen LogP contribution in [0.4, 0.5) is 14.5 Å². The first-order valence-corrected chi connectivity index (χ1v) is 12.6. The molecule has 0 saturated heterocycles. The minimum Gasteiger partial charge on any atom is -0.389 e. The molecule has 4 rings (SSSR count). The molecule has 1 saturated carbocycles. The van der Waals surface area contributed by atoms with Gasteiger partial charge in [-0.1, -0.05) is 36.5 Å². The maximum atomic E-state index is 13.8. The smallest absolute Gasteiger partial charge is 0.248 e. The minimum atomic E-state index is -2.60. The fourth-order valence-electron chi connectivity index (χ4n) is 4.24. The van der Waals surface area contributed by atoms with Crippen LogP contribution < -0.4 is 10.5 Å². The number of rotatable bonds is 5. The maximum Gasteiger partial charge on any atom is 0.248 e. The minimum absolute atomic E-state index is 0.0318. The molecule has 31 heavy (non-hydrogen) atoms. The van der Waals surface area contributed by atoms with Crippen LogP contribution in [-0.4, -0.2) is 31.8 Å². The van der Waals surface area contributed by atoms with Gasteiger partial charge in [-0.3, -0.25) is 0 Å². The molecule has 4 nitrogen and oxygen atoms in total. The molecule has 0 radical (unpaired) electrons. The number of nitrogens with two attached hydrogens (primary N) is 1. The van der Waals surface area contributed by atoms with Gasteiger partial charge in [0.05, 0.1) is 5.52 Å². The number of alkyl halides is 2. The van der Waals surface area contributed by atoms with E-state index in [0.717, 1.165) is 27.6 Å². The van der Waals surface area contributed by atoms with Gasteiger partial charge in [0.2, 0.25) is 5.92 Å². The van der Waals surface area contributed by atoms with Crippen molar-refractivity contribution in [2.24, 2.45) is 5.73 Å². The highest BCUT2D eigenvalue weighted by Crippen LogP contribution is 2.42. The second-order valence-corrected chi connectivity index (χ2v) is 11.0. The maximum absolute atomic E-state index is 13.8. The fourth-order valence-corrected chi connectivity index (χ4v) is 4.99. The second kappa shape index (κ2) is 7.91. The van der Waals surface area contributed by atoms with E-state index in [9.17, 15) is 13.0 Å². The molecule has 0 bridgehead atoms. The predicted molar refractivity (Wildman–Crippen MR) is 131 cm³/mol.